The van der Waals surface area contributed by atoms with Crippen LogP contribution in [0, 0.1) is 5.92 Å². The molecule has 0 saturated carbocycles. The number of nitrogens with zero attached hydrogens (tertiary/aromatic N) is 3. The maximum atomic E-state index is 11.7. The maximum absolute atomic E-state index is 11.7. The van der Waals surface area contributed by atoms with Crippen LogP contribution in [0.4, 0.5) is 0 Å². The van der Waals surface area contributed by atoms with Crippen molar-refractivity contribution in [2.45, 2.75) is 26.3 Å². The van der Waals surface area contributed by atoms with Crippen LogP contribution in [0.3, 0.4) is 0 Å². The number of likely N-dealkylation sites (tertiary alicyclic amines) is 1. The summed E-state index contributed by atoms with van der Waals surface area (Å²) >= 11 is 0. The second-order valence-corrected chi connectivity index (χ2v) is 5.47. The summed E-state index contributed by atoms with van der Waals surface area (Å²) in [7, 11) is 0. The van der Waals surface area contributed by atoms with Gasteiger partial charge in [0.25, 0.3) is 0 Å². The van der Waals surface area contributed by atoms with Crippen LogP contribution in [-0.4, -0.2) is 53.1 Å². The largest absolute Gasteiger partial charge is 0.476 e. The highest BCUT2D eigenvalue weighted by molar-refractivity contribution is 5.78. The number of hydrogen-bond acceptors (Lipinski definition) is 5. The fraction of sp³-hybridized carbons (Fsp3) is 0.643. The topological polar surface area (TPSA) is 67.4 Å². The number of carbonyl (C=O) groups excluding carboxylic acids is 1. The Hall–Kier alpha value is -1.69. The summed E-state index contributed by atoms with van der Waals surface area (Å²) in [5.74, 6) is 1.10. The number of amides is 1. The Morgan fingerprint density at radius 3 is 3.10 bits per heavy atom. The molecule has 1 aromatic rings. The molecule has 0 aliphatic carbocycles. The highest BCUT2D eigenvalue weighted by atomic mass is 16.5. The Kier molecular flexibility index (Phi) is 5.29. The Balaban J connectivity index is 1.69. The van der Waals surface area contributed by atoms with Crippen molar-refractivity contribution in [3.05, 3.63) is 18.6 Å². The van der Waals surface area contributed by atoms with Gasteiger partial charge in [-0.05, 0) is 26.8 Å². The molecule has 20 heavy (non-hydrogen) atoms. The van der Waals surface area contributed by atoms with E-state index in [1.54, 1.807) is 18.6 Å². The summed E-state index contributed by atoms with van der Waals surface area (Å²) in [6.07, 6.45) is 5.90. The first kappa shape index (κ1) is 14.7. The smallest absolute Gasteiger partial charge is 0.234 e. The number of carbonyl (C=O) groups is 1. The zero-order valence-corrected chi connectivity index (χ0v) is 12.1. The van der Waals surface area contributed by atoms with Gasteiger partial charge in [-0.15, -0.1) is 0 Å². The third kappa shape index (κ3) is 4.77. The van der Waals surface area contributed by atoms with E-state index >= 15 is 0 Å². The third-order valence-corrected chi connectivity index (χ3v) is 3.19. The SMILES string of the molecule is CC(C)NC(=O)CN1CCC(COc2cnccn2)C1. The summed E-state index contributed by atoms with van der Waals surface area (Å²) in [5, 5.41) is 2.91. The molecule has 1 fully saturated rings. The number of hydrogen-bond donors (Lipinski definition) is 1. The van der Waals surface area contributed by atoms with E-state index in [1.165, 1.54) is 0 Å². The zero-order chi connectivity index (χ0) is 14.4. The van der Waals surface area contributed by atoms with Gasteiger partial charge < -0.3 is 10.1 Å². The van der Waals surface area contributed by atoms with Gasteiger partial charge in [-0.3, -0.25) is 14.7 Å². The van der Waals surface area contributed by atoms with E-state index in [0.29, 0.717) is 24.9 Å². The number of rotatable bonds is 6. The Labute approximate surface area is 119 Å². The van der Waals surface area contributed by atoms with Crippen molar-refractivity contribution < 1.29 is 9.53 Å². The summed E-state index contributed by atoms with van der Waals surface area (Å²) in [5.41, 5.74) is 0. The predicted molar refractivity (Wildman–Crippen MR) is 75.4 cm³/mol. The van der Waals surface area contributed by atoms with Gasteiger partial charge in [0.15, 0.2) is 0 Å². The molecule has 1 aliphatic rings. The molecule has 0 spiro atoms. The van der Waals surface area contributed by atoms with Crippen molar-refractivity contribution in [2.24, 2.45) is 5.92 Å². The lowest BCUT2D eigenvalue weighted by molar-refractivity contribution is -0.122. The molecule has 2 heterocycles. The van der Waals surface area contributed by atoms with Crippen molar-refractivity contribution in [1.29, 1.82) is 0 Å². The predicted octanol–water partition coefficient (Wildman–Crippen LogP) is 0.702. The van der Waals surface area contributed by atoms with Crippen LogP contribution in [0.2, 0.25) is 0 Å². The standard InChI is InChI=1S/C14H22N4O2/c1-11(2)17-13(19)9-18-6-3-12(8-18)10-20-14-7-15-4-5-16-14/h4-5,7,11-12H,3,6,8-10H2,1-2H3,(H,17,19). The van der Waals surface area contributed by atoms with Crippen LogP contribution in [0.5, 0.6) is 5.88 Å². The molecule has 6 nitrogen and oxygen atoms in total. The lowest BCUT2D eigenvalue weighted by Crippen LogP contribution is -2.39. The van der Waals surface area contributed by atoms with Crippen molar-refractivity contribution >= 4 is 5.91 Å². The minimum Gasteiger partial charge on any atom is -0.476 e. The molecule has 1 saturated heterocycles. The lowest BCUT2D eigenvalue weighted by Gasteiger charge is -2.17. The first-order valence-corrected chi connectivity index (χ1v) is 7.04. The van der Waals surface area contributed by atoms with E-state index in [1.807, 2.05) is 13.8 Å². The zero-order valence-electron chi connectivity index (χ0n) is 12.1. The van der Waals surface area contributed by atoms with E-state index in [2.05, 4.69) is 20.2 Å². The number of ether oxygens (including phenoxy) is 1. The first-order valence-electron chi connectivity index (χ1n) is 7.04. The molecule has 1 aliphatic heterocycles. The Morgan fingerprint density at radius 1 is 1.55 bits per heavy atom. The summed E-state index contributed by atoms with van der Waals surface area (Å²) in [6.45, 7) is 6.88. The van der Waals surface area contributed by atoms with Crippen LogP contribution < -0.4 is 10.1 Å². The highest BCUT2D eigenvalue weighted by Crippen LogP contribution is 2.17. The average Bonchev–Trinajstić information content (AvgIpc) is 2.84. The van der Waals surface area contributed by atoms with Gasteiger partial charge in [0.05, 0.1) is 19.3 Å². The van der Waals surface area contributed by atoms with E-state index in [-0.39, 0.29) is 11.9 Å². The first-order chi connectivity index (χ1) is 9.63. The fourth-order valence-electron chi connectivity index (χ4n) is 2.33. The highest BCUT2D eigenvalue weighted by Gasteiger charge is 2.24. The monoisotopic (exact) mass is 278 g/mol. The second kappa shape index (κ2) is 7.19. The third-order valence-electron chi connectivity index (χ3n) is 3.19. The van der Waals surface area contributed by atoms with E-state index in [0.717, 1.165) is 19.5 Å². The molecule has 0 bridgehead atoms. The van der Waals surface area contributed by atoms with Crippen LogP contribution in [-0.2, 0) is 4.79 Å². The molecular weight excluding hydrogens is 256 g/mol. The minimum absolute atomic E-state index is 0.0931. The van der Waals surface area contributed by atoms with Crippen LogP contribution in [0.1, 0.15) is 20.3 Å². The molecule has 110 valence electrons. The molecule has 2 rings (SSSR count). The van der Waals surface area contributed by atoms with Crippen molar-refractivity contribution in [2.75, 3.05) is 26.2 Å². The quantitative estimate of drug-likeness (QED) is 0.830. The Bertz CT molecular complexity index is 424. The molecular formula is C14H22N4O2. The normalized spacial score (nSPS) is 19.2. The molecule has 1 amide bonds. The van der Waals surface area contributed by atoms with E-state index in [4.69, 9.17) is 4.74 Å². The second-order valence-electron chi connectivity index (χ2n) is 5.47. The van der Waals surface area contributed by atoms with Crippen molar-refractivity contribution in [1.82, 2.24) is 20.2 Å². The van der Waals surface area contributed by atoms with Gasteiger partial charge in [0.2, 0.25) is 11.8 Å². The molecule has 6 heteroatoms. The van der Waals surface area contributed by atoms with E-state index in [9.17, 15) is 4.79 Å². The summed E-state index contributed by atoms with van der Waals surface area (Å²) < 4.78 is 5.61. The van der Waals surface area contributed by atoms with Gasteiger partial charge in [-0.2, -0.15) is 0 Å². The summed E-state index contributed by atoms with van der Waals surface area (Å²) in [6, 6.07) is 0.195. The number of aromatic nitrogens is 2. The van der Waals surface area contributed by atoms with Gasteiger partial charge in [-0.1, -0.05) is 0 Å². The van der Waals surface area contributed by atoms with Gasteiger partial charge >= 0.3 is 0 Å². The van der Waals surface area contributed by atoms with Crippen molar-refractivity contribution in [3.63, 3.8) is 0 Å². The number of nitrogens with one attached hydrogen (secondary N) is 1. The van der Waals surface area contributed by atoms with E-state index < -0.39 is 0 Å². The maximum Gasteiger partial charge on any atom is 0.234 e. The van der Waals surface area contributed by atoms with Crippen LogP contribution in [0.15, 0.2) is 18.6 Å². The summed E-state index contributed by atoms with van der Waals surface area (Å²) in [4.78, 5) is 21.9. The molecule has 1 N–H and O–H groups in total. The van der Waals surface area contributed by atoms with Gasteiger partial charge in [0.1, 0.15) is 0 Å². The van der Waals surface area contributed by atoms with Gasteiger partial charge in [-0.25, -0.2) is 4.98 Å². The molecule has 1 aromatic heterocycles. The molecule has 1 unspecified atom stereocenters. The molecule has 1 atom stereocenters. The van der Waals surface area contributed by atoms with Gasteiger partial charge in [0, 0.05) is 30.9 Å². The van der Waals surface area contributed by atoms with Crippen molar-refractivity contribution in [3.8, 4) is 5.88 Å². The Morgan fingerprint density at radius 2 is 2.40 bits per heavy atom. The van der Waals surface area contributed by atoms with Crippen LogP contribution >= 0.6 is 0 Å². The van der Waals surface area contributed by atoms with Crippen LogP contribution in [0.25, 0.3) is 0 Å². The molecule has 0 radical (unpaired) electrons. The lowest BCUT2D eigenvalue weighted by atomic mass is 10.1. The molecule has 0 aromatic carbocycles. The minimum atomic E-state index is 0.0931. The average molecular weight is 278 g/mol. The fourth-order valence-corrected chi connectivity index (χ4v) is 2.33.